The van der Waals surface area contributed by atoms with E-state index < -0.39 is 0 Å². The molecule has 0 radical (unpaired) electrons. The van der Waals surface area contributed by atoms with Crippen molar-refractivity contribution in [3.8, 4) is 5.75 Å². The first-order valence-electron chi connectivity index (χ1n) is 8.42. The van der Waals surface area contributed by atoms with E-state index in [-0.39, 0.29) is 11.5 Å². The van der Waals surface area contributed by atoms with Crippen LogP contribution < -0.4 is 0 Å². The number of carbonyl (C=O) groups excluding carboxylic acids is 1. The van der Waals surface area contributed by atoms with Crippen LogP contribution in [0.3, 0.4) is 0 Å². The molecule has 5 atom stereocenters. The number of hydrogen-bond acceptors (Lipinski definition) is 3. The summed E-state index contributed by atoms with van der Waals surface area (Å²) >= 11 is 0. The van der Waals surface area contributed by atoms with Crippen molar-refractivity contribution < 1.29 is 14.6 Å². The van der Waals surface area contributed by atoms with Crippen molar-refractivity contribution in [2.24, 2.45) is 17.3 Å². The first-order chi connectivity index (χ1) is 10.5. The van der Waals surface area contributed by atoms with E-state index in [1.807, 2.05) is 12.1 Å². The average molecular weight is 300 g/mol. The first kappa shape index (κ1) is 14.3. The maximum absolute atomic E-state index is 12.6. The number of phenolic OH excluding ortho intramolecular Hbond substituents is 1. The lowest BCUT2D eigenvalue weighted by atomic mass is 9.55. The Hall–Kier alpha value is -1.35. The first-order valence-corrected chi connectivity index (χ1v) is 8.42. The minimum Gasteiger partial charge on any atom is -0.508 e. The van der Waals surface area contributed by atoms with Crippen LogP contribution in [-0.2, 0) is 16.0 Å². The van der Waals surface area contributed by atoms with E-state index in [9.17, 15) is 9.90 Å². The third kappa shape index (κ3) is 1.81. The number of aryl methyl sites for hydroxylation is 1. The molecule has 3 nitrogen and oxygen atoms in total. The summed E-state index contributed by atoms with van der Waals surface area (Å²) in [7, 11) is 1.75. The van der Waals surface area contributed by atoms with Gasteiger partial charge in [0.15, 0.2) is 0 Å². The SMILES string of the molecule is CO[C@@H]1CC(=O)[C@@]2(C)CC[C@@H]3c4ccc(O)cc4CC[C@H]3[C@H]12. The van der Waals surface area contributed by atoms with E-state index in [1.165, 1.54) is 11.1 Å². The Kier molecular flexibility index (Phi) is 3.12. The fourth-order valence-electron chi connectivity index (χ4n) is 5.60. The van der Waals surface area contributed by atoms with Crippen LogP contribution in [0, 0.1) is 17.3 Å². The van der Waals surface area contributed by atoms with Crippen molar-refractivity contribution in [2.75, 3.05) is 7.11 Å². The van der Waals surface area contributed by atoms with Crippen molar-refractivity contribution >= 4 is 5.78 Å². The molecule has 0 aromatic heterocycles. The number of fused-ring (bicyclic) bond motifs is 5. The van der Waals surface area contributed by atoms with Crippen LogP contribution in [0.15, 0.2) is 18.2 Å². The molecule has 0 heterocycles. The van der Waals surface area contributed by atoms with Gasteiger partial charge in [-0.25, -0.2) is 0 Å². The van der Waals surface area contributed by atoms with E-state index in [0.717, 1.165) is 25.7 Å². The highest BCUT2D eigenvalue weighted by molar-refractivity contribution is 5.88. The molecule has 0 bridgehead atoms. The summed E-state index contributed by atoms with van der Waals surface area (Å²) < 4.78 is 5.71. The quantitative estimate of drug-likeness (QED) is 0.864. The minimum atomic E-state index is -0.184. The van der Waals surface area contributed by atoms with Crippen LogP contribution in [0.25, 0.3) is 0 Å². The second-order valence-electron chi connectivity index (χ2n) is 7.58. The molecule has 3 aliphatic rings. The normalized spacial score (nSPS) is 40.0. The van der Waals surface area contributed by atoms with E-state index in [0.29, 0.717) is 35.7 Å². The van der Waals surface area contributed by atoms with Crippen LogP contribution in [0.5, 0.6) is 5.75 Å². The van der Waals surface area contributed by atoms with E-state index >= 15 is 0 Å². The number of hydrogen-bond donors (Lipinski definition) is 1. The largest absolute Gasteiger partial charge is 0.508 e. The molecule has 1 N–H and O–H groups in total. The monoisotopic (exact) mass is 300 g/mol. The third-order valence-electron chi connectivity index (χ3n) is 6.69. The van der Waals surface area contributed by atoms with Crippen LogP contribution in [0.1, 0.15) is 49.7 Å². The summed E-state index contributed by atoms with van der Waals surface area (Å²) in [5, 5.41) is 9.73. The lowest BCUT2D eigenvalue weighted by Gasteiger charge is -2.49. The zero-order valence-electron chi connectivity index (χ0n) is 13.3. The van der Waals surface area contributed by atoms with Crippen LogP contribution in [0.4, 0.5) is 0 Å². The van der Waals surface area contributed by atoms with Gasteiger partial charge in [0.25, 0.3) is 0 Å². The highest BCUT2D eigenvalue weighted by Gasteiger charge is 2.59. The van der Waals surface area contributed by atoms with Crippen molar-refractivity contribution in [1.82, 2.24) is 0 Å². The summed E-state index contributed by atoms with van der Waals surface area (Å²) in [6, 6.07) is 5.83. The Morgan fingerprint density at radius 3 is 2.91 bits per heavy atom. The van der Waals surface area contributed by atoms with Crippen molar-refractivity contribution in [3.63, 3.8) is 0 Å². The van der Waals surface area contributed by atoms with Crippen LogP contribution >= 0.6 is 0 Å². The Morgan fingerprint density at radius 1 is 1.32 bits per heavy atom. The van der Waals surface area contributed by atoms with Gasteiger partial charge in [0.1, 0.15) is 11.5 Å². The van der Waals surface area contributed by atoms with Crippen LogP contribution in [0.2, 0.25) is 0 Å². The molecule has 0 spiro atoms. The van der Waals surface area contributed by atoms with E-state index in [4.69, 9.17) is 4.74 Å². The van der Waals surface area contributed by atoms with Crippen molar-refractivity contribution in [1.29, 1.82) is 0 Å². The van der Waals surface area contributed by atoms with Gasteiger partial charge in [-0.15, -0.1) is 0 Å². The zero-order valence-corrected chi connectivity index (χ0v) is 13.3. The van der Waals surface area contributed by atoms with Crippen LogP contribution in [-0.4, -0.2) is 24.1 Å². The number of phenols is 1. The number of Topliss-reactive ketones (excluding diaryl/α,β-unsaturated/α-hetero) is 1. The Labute approximate surface area is 131 Å². The molecule has 2 fully saturated rings. The number of ketones is 1. The molecular weight excluding hydrogens is 276 g/mol. The standard InChI is InChI=1S/C19H24O3/c1-19-8-7-14-13-6-4-12(20)9-11(13)3-5-15(14)18(19)16(22-2)10-17(19)21/h4,6,9,14-16,18,20H,3,5,7-8,10H2,1-2H3/t14-,15-,16-,18-,19-/m1/s1. The molecule has 0 unspecified atom stereocenters. The fourth-order valence-corrected chi connectivity index (χ4v) is 5.60. The highest BCUT2D eigenvalue weighted by Crippen LogP contribution is 2.60. The van der Waals surface area contributed by atoms with Gasteiger partial charge < -0.3 is 9.84 Å². The van der Waals surface area contributed by atoms with Gasteiger partial charge >= 0.3 is 0 Å². The molecule has 1 aromatic rings. The molecule has 1 aromatic carbocycles. The average Bonchev–Trinajstić information content (AvgIpc) is 2.78. The Morgan fingerprint density at radius 2 is 2.14 bits per heavy atom. The molecule has 22 heavy (non-hydrogen) atoms. The molecule has 4 rings (SSSR count). The maximum atomic E-state index is 12.6. The summed E-state index contributed by atoms with van der Waals surface area (Å²) in [5.74, 6) is 2.17. The molecule has 0 saturated heterocycles. The van der Waals surface area contributed by atoms with Gasteiger partial charge in [-0.05, 0) is 60.8 Å². The van der Waals surface area contributed by atoms with E-state index in [2.05, 4.69) is 13.0 Å². The number of aromatic hydroxyl groups is 1. The second kappa shape index (κ2) is 4.82. The summed E-state index contributed by atoms with van der Waals surface area (Å²) in [4.78, 5) is 12.6. The molecule has 3 aliphatic carbocycles. The number of rotatable bonds is 1. The minimum absolute atomic E-state index is 0.0870. The number of methoxy groups -OCH3 is 1. The number of benzene rings is 1. The van der Waals surface area contributed by atoms with Gasteiger partial charge in [-0.3, -0.25) is 4.79 Å². The van der Waals surface area contributed by atoms with Crippen molar-refractivity contribution in [3.05, 3.63) is 29.3 Å². The number of carbonyl (C=O) groups is 1. The lowest BCUT2D eigenvalue weighted by Crippen LogP contribution is -2.45. The summed E-state index contributed by atoms with van der Waals surface area (Å²) in [6.07, 6.45) is 4.83. The van der Waals surface area contributed by atoms with Gasteiger partial charge in [0, 0.05) is 24.9 Å². The third-order valence-corrected chi connectivity index (χ3v) is 6.69. The summed E-state index contributed by atoms with van der Waals surface area (Å²) in [5.41, 5.74) is 2.50. The maximum Gasteiger partial charge on any atom is 0.141 e. The predicted octanol–water partition coefficient (Wildman–Crippen LogP) is 3.44. The van der Waals surface area contributed by atoms with Crippen molar-refractivity contribution in [2.45, 2.75) is 51.0 Å². The smallest absolute Gasteiger partial charge is 0.141 e. The second-order valence-corrected chi connectivity index (χ2v) is 7.58. The van der Waals surface area contributed by atoms with Gasteiger partial charge in [0.05, 0.1) is 6.10 Å². The molecule has 118 valence electrons. The summed E-state index contributed by atoms with van der Waals surface area (Å²) in [6.45, 7) is 2.17. The van der Waals surface area contributed by atoms with Gasteiger partial charge in [0.2, 0.25) is 0 Å². The molecular formula is C19H24O3. The van der Waals surface area contributed by atoms with E-state index in [1.54, 1.807) is 7.11 Å². The predicted molar refractivity (Wildman–Crippen MR) is 83.9 cm³/mol. The lowest BCUT2D eigenvalue weighted by molar-refractivity contribution is -0.129. The Balaban J connectivity index is 1.74. The Bertz CT molecular complexity index is 623. The molecule has 3 heteroatoms. The fraction of sp³-hybridized carbons (Fsp3) is 0.632. The molecule has 0 amide bonds. The zero-order chi connectivity index (χ0) is 15.5. The molecule has 0 aliphatic heterocycles. The topological polar surface area (TPSA) is 46.5 Å². The van der Waals surface area contributed by atoms with Gasteiger partial charge in [-0.2, -0.15) is 0 Å². The van der Waals surface area contributed by atoms with Gasteiger partial charge in [-0.1, -0.05) is 13.0 Å². The molecule has 2 saturated carbocycles. The number of ether oxygens (including phenoxy) is 1. The highest BCUT2D eigenvalue weighted by atomic mass is 16.5.